The predicted octanol–water partition coefficient (Wildman–Crippen LogP) is 5.38. The molecule has 5 nitrogen and oxygen atoms in total. The third kappa shape index (κ3) is 3.58. The second kappa shape index (κ2) is 7.86. The topological polar surface area (TPSA) is 43.7 Å². The highest BCUT2D eigenvalue weighted by Crippen LogP contribution is 2.48. The molecule has 0 bridgehead atoms. The Hall–Kier alpha value is -2.34. The van der Waals surface area contributed by atoms with Gasteiger partial charge in [0.15, 0.2) is 0 Å². The molecule has 3 heterocycles. The van der Waals surface area contributed by atoms with Crippen LogP contribution in [0.4, 0.5) is 0 Å². The van der Waals surface area contributed by atoms with E-state index in [4.69, 9.17) is 21.1 Å². The molecule has 2 fully saturated rings. The molecule has 2 aromatic carbocycles. The van der Waals surface area contributed by atoms with Gasteiger partial charge in [-0.05, 0) is 48.9 Å². The van der Waals surface area contributed by atoms with Crippen LogP contribution in [0, 0.1) is 5.41 Å². The fourth-order valence-corrected chi connectivity index (χ4v) is 5.96. The van der Waals surface area contributed by atoms with E-state index in [-0.39, 0.29) is 16.9 Å². The van der Waals surface area contributed by atoms with Crippen molar-refractivity contribution in [1.82, 2.24) is 9.47 Å². The molecule has 3 aliphatic rings. The van der Waals surface area contributed by atoms with E-state index in [2.05, 4.69) is 28.8 Å². The van der Waals surface area contributed by atoms with Crippen LogP contribution in [-0.4, -0.2) is 42.2 Å². The van der Waals surface area contributed by atoms with Crippen LogP contribution in [0.5, 0.6) is 0 Å². The first-order valence-electron chi connectivity index (χ1n) is 11.8. The molecule has 1 spiro atoms. The number of hydrogen-bond donors (Lipinski definition) is 0. The van der Waals surface area contributed by atoms with Crippen molar-refractivity contribution in [3.05, 3.63) is 70.4 Å². The Kier molecular flexibility index (Phi) is 5.05. The van der Waals surface area contributed by atoms with Crippen molar-refractivity contribution in [1.29, 1.82) is 0 Å². The van der Waals surface area contributed by atoms with Gasteiger partial charge in [-0.15, -0.1) is 0 Å². The first-order chi connectivity index (χ1) is 16.0. The molecule has 1 saturated heterocycles. The highest BCUT2D eigenvalue weighted by Gasteiger charge is 2.45. The minimum absolute atomic E-state index is 0.0961. The first kappa shape index (κ1) is 21.2. The Balaban J connectivity index is 1.26. The second-order valence-electron chi connectivity index (χ2n) is 10.00. The number of methoxy groups -OCH3 is 1. The molecule has 1 aliphatic carbocycles. The van der Waals surface area contributed by atoms with E-state index >= 15 is 0 Å². The van der Waals surface area contributed by atoms with Crippen LogP contribution in [0.3, 0.4) is 0 Å². The van der Waals surface area contributed by atoms with Crippen LogP contribution in [-0.2, 0) is 28.2 Å². The lowest BCUT2D eigenvalue weighted by Crippen LogP contribution is -2.45. The summed E-state index contributed by atoms with van der Waals surface area (Å²) in [5.74, 6) is 0.0961. The number of carbonyl (C=O) groups excluding carboxylic acids is 1. The summed E-state index contributed by atoms with van der Waals surface area (Å²) in [6, 6.07) is 14.3. The maximum Gasteiger partial charge on any atom is 0.256 e. The molecule has 1 saturated carbocycles. The molecular formula is C27H29ClN2O3. The molecule has 0 atom stereocenters. The molecule has 0 N–H and O–H groups in total. The van der Waals surface area contributed by atoms with E-state index in [1.807, 2.05) is 29.3 Å². The zero-order chi connectivity index (χ0) is 22.6. The van der Waals surface area contributed by atoms with Gasteiger partial charge >= 0.3 is 0 Å². The van der Waals surface area contributed by atoms with Crippen molar-refractivity contribution in [2.75, 3.05) is 26.8 Å². The fourth-order valence-electron chi connectivity index (χ4n) is 5.80. The normalized spacial score (nSPS) is 20.4. The van der Waals surface area contributed by atoms with E-state index in [1.165, 1.54) is 11.1 Å². The molecule has 2 aliphatic heterocycles. The molecule has 0 unspecified atom stereocenters. The number of hydrogen-bond acceptors (Lipinski definition) is 3. The van der Waals surface area contributed by atoms with Gasteiger partial charge in [0.1, 0.15) is 0 Å². The quantitative estimate of drug-likeness (QED) is 0.509. The molecule has 172 valence electrons. The summed E-state index contributed by atoms with van der Waals surface area (Å²) in [4.78, 5) is 15.7. The zero-order valence-corrected chi connectivity index (χ0v) is 19.7. The van der Waals surface area contributed by atoms with Crippen molar-refractivity contribution < 1.29 is 14.3 Å². The molecule has 3 aromatic rings. The van der Waals surface area contributed by atoms with Gasteiger partial charge in [-0.25, -0.2) is 0 Å². The van der Waals surface area contributed by atoms with Crippen molar-refractivity contribution >= 4 is 28.4 Å². The summed E-state index contributed by atoms with van der Waals surface area (Å²) in [5, 5.41) is 1.66. The standard InChI is InChI=1S/C27H29ClN2O3/c1-32-18-26(8-9-26)17-30-15-22(21-7-6-20(28)14-24(21)30)25(31)29-12-10-27(11-13-29)23-5-3-2-4-19(23)16-33-27/h2-7,14-15H,8-13,16-18H2,1H3. The Morgan fingerprint density at radius 3 is 2.67 bits per heavy atom. The van der Waals surface area contributed by atoms with Gasteiger partial charge in [-0.2, -0.15) is 0 Å². The van der Waals surface area contributed by atoms with Gasteiger partial charge in [-0.3, -0.25) is 4.79 Å². The van der Waals surface area contributed by atoms with Gasteiger partial charge in [-0.1, -0.05) is 41.9 Å². The zero-order valence-electron chi connectivity index (χ0n) is 19.0. The lowest BCUT2D eigenvalue weighted by atomic mass is 9.83. The average Bonchev–Trinajstić information content (AvgIpc) is 3.37. The number of fused-ring (bicyclic) bond motifs is 3. The highest BCUT2D eigenvalue weighted by molar-refractivity contribution is 6.31. The SMILES string of the molecule is COCC1(Cn2cc(C(=O)N3CCC4(CC3)OCc3ccccc34)c3ccc(Cl)cc32)CC1. The molecule has 6 rings (SSSR count). The number of amides is 1. The number of nitrogens with zero attached hydrogens (tertiary/aromatic N) is 2. The molecular weight excluding hydrogens is 436 g/mol. The van der Waals surface area contributed by atoms with E-state index in [9.17, 15) is 4.79 Å². The number of likely N-dealkylation sites (tertiary alicyclic amines) is 1. The maximum absolute atomic E-state index is 13.7. The highest BCUT2D eigenvalue weighted by atomic mass is 35.5. The Morgan fingerprint density at radius 2 is 1.91 bits per heavy atom. The summed E-state index contributed by atoms with van der Waals surface area (Å²) in [6.07, 6.45) is 6.00. The van der Waals surface area contributed by atoms with Crippen molar-refractivity contribution in [2.24, 2.45) is 5.41 Å². The minimum atomic E-state index is -0.243. The Morgan fingerprint density at radius 1 is 1.12 bits per heavy atom. The third-order valence-electron chi connectivity index (χ3n) is 7.86. The van der Waals surface area contributed by atoms with Crippen molar-refractivity contribution in [2.45, 2.75) is 44.4 Å². The molecule has 0 radical (unpaired) electrons. The number of piperidine rings is 1. The number of carbonyl (C=O) groups is 1. The van der Waals surface area contributed by atoms with E-state index in [0.29, 0.717) is 24.7 Å². The van der Waals surface area contributed by atoms with Crippen LogP contribution in [0.2, 0.25) is 5.02 Å². The van der Waals surface area contributed by atoms with Gasteiger partial charge < -0.3 is 18.9 Å². The monoisotopic (exact) mass is 464 g/mol. The van der Waals surface area contributed by atoms with Gasteiger partial charge in [0.2, 0.25) is 0 Å². The molecule has 33 heavy (non-hydrogen) atoms. The number of benzene rings is 2. The lowest BCUT2D eigenvalue weighted by molar-refractivity contribution is -0.0741. The van der Waals surface area contributed by atoms with Crippen LogP contribution in [0.15, 0.2) is 48.7 Å². The molecule has 1 aromatic heterocycles. The third-order valence-corrected chi connectivity index (χ3v) is 8.09. The van der Waals surface area contributed by atoms with E-state index in [1.54, 1.807) is 7.11 Å². The van der Waals surface area contributed by atoms with Crippen LogP contribution < -0.4 is 0 Å². The van der Waals surface area contributed by atoms with E-state index in [0.717, 1.165) is 55.3 Å². The van der Waals surface area contributed by atoms with Gasteiger partial charge in [0.05, 0.1) is 29.9 Å². The number of aromatic nitrogens is 1. The van der Waals surface area contributed by atoms with Gasteiger partial charge in [0.25, 0.3) is 5.91 Å². The number of halogens is 1. The number of rotatable bonds is 5. The smallest absolute Gasteiger partial charge is 0.256 e. The largest absolute Gasteiger partial charge is 0.384 e. The predicted molar refractivity (Wildman–Crippen MR) is 129 cm³/mol. The van der Waals surface area contributed by atoms with Crippen LogP contribution in [0.1, 0.15) is 47.2 Å². The molecule has 6 heteroatoms. The number of ether oxygens (including phenoxy) is 2. The van der Waals surface area contributed by atoms with Crippen molar-refractivity contribution in [3.8, 4) is 0 Å². The summed E-state index contributed by atoms with van der Waals surface area (Å²) in [6.45, 7) is 3.65. The fraction of sp³-hybridized carbons (Fsp3) is 0.444. The summed E-state index contributed by atoms with van der Waals surface area (Å²) >= 11 is 6.34. The Bertz CT molecular complexity index is 1220. The Labute approximate surface area is 199 Å². The molecule has 1 amide bonds. The first-order valence-corrected chi connectivity index (χ1v) is 12.2. The van der Waals surface area contributed by atoms with Gasteiger partial charge in [0, 0.05) is 48.8 Å². The second-order valence-corrected chi connectivity index (χ2v) is 10.4. The summed E-state index contributed by atoms with van der Waals surface area (Å²) in [7, 11) is 1.76. The summed E-state index contributed by atoms with van der Waals surface area (Å²) < 4.78 is 14.0. The minimum Gasteiger partial charge on any atom is -0.384 e. The van der Waals surface area contributed by atoms with Crippen LogP contribution in [0.25, 0.3) is 10.9 Å². The average molecular weight is 465 g/mol. The maximum atomic E-state index is 13.7. The summed E-state index contributed by atoms with van der Waals surface area (Å²) in [5.41, 5.74) is 4.30. The van der Waals surface area contributed by atoms with Crippen molar-refractivity contribution in [3.63, 3.8) is 0 Å². The van der Waals surface area contributed by atoms with Crippen LogP contribution >= 0.6 is 11.6 Å². The van der Waals surface area contributed by atoms with E-state index < -0.39 is 0 Å². The lowest BCUT2D eigenvalue weighted by Gasteiger charge is -2.39.